The van der Waals surface area contributed by atoms with E-state index in [1.165, 1.54) is 0 Å². The van der Waals surface area contributed by atoms with E-state index >= 15 is 0 Å². The molecule has 158 valence electrons. The molecule has 1 saturated heterocycles. The number of nitrogens with one attached hydrogen (secondary N) is 2. The van der Waals surface area contributed by atoms with Crippen molar-refractivity contribution in [3.05, 3.63) is 29.6 Å². The Morgan fingerprint density at radius 3 is 2.57 bits per heavy atom. The third-order valence-corrected chi connectivity index (χ3v) is 5.07. The van der Waals surface area contributed by atoms with Crippen molar-refractivity contribution in [3.63, 3.8) is 0 Å². The van der Waals surface area contributed by atoms with Gasteiger partial charge in [-0.3, -0.25) is 4.99 Å². The molecule has 0 spiro atoms. The Balaban J connectivity index is 1.77. The zero-order valence-corrected chi connectivity index (χ0v) is 17.6. The fourth-order valence-corrected chi connectivity index (χ4v) is 3.31. The van der Waals surface area contributed by atoms with Crippen molar-refractivity contribution in [2.75, 3.05) is 64.4 Å². The van der Waals surface area contributed by atoms with E-state index in [2.05, 4.69) is 32.3 Å². The molecule has 0 bridgehead atoms. The van der Waals surface area contributed by atoms with Gasteiger partial charge in [0.2, 0.25) is 0 Å². The van der Waals surface area contributed by atoms with Crippen molar-refractivity contribution in [2.45, 2.75) is 33.2 Å². The molecule has 0 saturated carbocycles. The Bertz CT molecular complexity index is 602. The minimum atomic E-state index is -0.150. The van der Waals surface area contributed by atoms with E-state index < -0.39 is 0 Å². The van der Waals surface area contributed by atoms with Gasteiger partial charge < -0.3 is 25.2 Å². The second-order valence-corrected chi connectivity index (χ2v) is 6.96. The van der Waals surface area contributed by atoms with E-state index in [1.807, 2.05) is 19.1 Å². The van der Waals surface area contributed by atoms with Crippen LogP contribution >= 0.6 is 0 Å². The molecule has 1 aliphatic rings. The van der Waals surface area contributed by atoms with Crippen LogP contribution in [0.15, 0.2) is 23.2 Å². The predicted octanol–water partition coefficient (Wildman–Crippen LogP) is 2.45. The van der Waals surface area contributed by atoms with Crippen LogP contribution in [0.5, 0.6) is 0 Å². The van der Waals surface area contributed by atoms with Gasteiger partial charge in [0.15, 0.2) is 5.96 Å². The second-order valence-electron chi connectivity index (χ2n) is 6.96. The highest BCUT2D eigenvalue weighted by atomic mass is 19.1. The smallest absolute Gasteiger partial charge is 0.191 e. The lowest BCUT2D eigenvalue weighted by molar-refractivity contribution is 0.143. The van der Waals surface area contributed by atoms with E-state index in [4.69, 9.17) is 4.74 Å². The Labute approximate surface area is 169 Å². The van der Waals surface area contributed by atoms with Crippen LogP contribution in [0.3, 0.4) is 0 Å². The number of hydrogen-bond donors (Lipinski definition) is 2. The summed E-state index contributed by atoms with van der Waals surface area (Å²) in [6, 6.07) is 5.52. The molecule has 1 aliphatic heterocycles. The maximum atomic E-state index is 14.6. The standard InChI is InChI=1S/C21H36FN5O/c1-4-26-11-13-27(14-12-26)20-9-8-18(16-19(20)22)17-25-21(23-3)24-10-6-7-15-28-5-2/h8-9,16H,4-7,10-15,17H2,1-3H3,(H2,23,24,25). The molecule has 6 nitrogen and oxygen atoms in total. The van der Waals surface area contributed by atoms with Gasteiger partial charge in [-0.25, -0.2) is 4.39 Å². The summed E-state index contributed by atoms with van der Waals surface area (Å²) in [4.78, 5) is 8.75. The summed E-state index contributed by atoms with van der Waals surface area (Å²) >= 11 is 0. The van der Waals surface area contributed by atoms with Crippen LogP contribution in [0.4, 0.5) is 10.1 Å². The summed E-state index contributed by atoms with van der Waals surface area (Å²) < 4.78 is 20.0. The van der Waals surface area contributed by atoms with Gasteiger partial charge in [-0.05, 0) is 44.0 Å². The number of ether oxygens (including phenoxy) is 1. The highest BCUT2D eigenvalue weighted by Gasteiger charge is 2.18. The lowest BCUT2D eigenvalue weighted by Gasteiger charge is -2.35. The van der Waals surface area contributed by atoms with Crippen LogP contribution in [-0.4, -0.2) is 70.4 Å². The summed E-state index contributed by atoms with van der Waals surface area (Å²) in [5.74, 6) is 0.583. The average molecular weight is 394 g/mol. The number of piperazine rings is 1. The predicted molar refractivity (Wildman–Crippen MR) is 115 cm³/mol. The molecule has 1 aromatic rings. The molecule has 0 amide bonds. The van der Waals surface area contributed by atoms with Crippen molar-refractivity contribution in [1.29, 1.82) is 0 Å². The number of guanidine groups is 1. The molecule has 2 rings (SSSR count). The quantitative estimate of drug-likeness (QED) is 0.363. The summed E-state index contributed by atoms with van der Waals surface area (Å²) in [6.45, 7) is 11.9. The first kappa shape index (κ1) is 22.4. The van der Waals surface area contributed by atoms with Crippen LogP contribution in [-0.2, 0) is 11.3 Å². The number of unbranched alkanes of at least 4 members (excludes halogenated alkanes) is 1. The van der Waals surface area contributed by atoms with E-state index in [1.54, 1.807) is 13.1 Å². The molecule has 7 heteroatoms. The average Bonchev–Trinajstić information content (AvgIpc) is 2.73. The van der Waals surface area contributed by atoms with Gasteiger partial charge in [0.25, 0.3) is 0 Å². The lowest BCUT2D eigenvalue weighted by atomic mass is 10.1. The number of hydrogen-bond acceptors (Lipinski definition) is 4. The number of likely N-dealkylation sites (N-methyl/N-ethyl adjacent to an activating group) is 1. The minimum absolute atomic E-state index is 0.150. The van der Waals surface area contributed by atoms with Crippen molar-refractivity contribution in [1.82, 2.24) is 15.5 Å². The topological polar surface area (TPSA) is 52.1 Å². The summed E-state index contributed by atoms with van der Waals surface area (Å²) in [6.07, 6.45) is 2.05. The number of halogens is 1. The highest BCUT2D eigenvalue weighted by molar-refractivity contribution is 5.79. The number of benzene rings is 1. The number of anilines is 1. The van der Waals surface area contributed by atoms with E-state index in [-0.39, 0.29) is 5.82 Å². The zero-order chi connectivity index (χ0) is 20.2. The number of nitrogens with zero attached hydrogens (tertiary/aromatic N) is 3. The minimum Gasteiger partial charge on any atom is -0.382 e. The highest BCUT2D eigenvalue weighted by Crippen LogP contribution is 2.22. The molecular formula is C21H36FN5O. The van der Waals surface area contributed by atoms with Crippen molar-refractivity contribution in [2.24, 2.45) is 4.99 Å². The molecule has 0 aromatic heterocycles. The van der Waals surface area contributed by atoms with Crippen molar-refractivity contribution in [3.8, 4) is 0 Å². The van der Waals surface area contributed by atoms with Gasteiger partial charge in [-0.15, -0.1) is 0 Å². The molecule has 0 unspecified atom stereocenters. The molecule has 0 radical (unpaired) electrons. The molecule has 1 fully saturated rings. The van der Waals surface area contributed by atoms with Crippen LogP contribution < -0.4 is 15.5 Å². The third-order valence-electron chi connectivity index (χ3n) is 5.07. The van der Waals surface area contributed by atoms with E-state index in [9.17, 15) is 4.39 Å². The maximum Gasteiger partial charge on any atom is 0.191 e. The number of rotatable bonds is 10. The summed E-state index contributed by atoms with van der Waals surface area (Å²) in [7, 11) is 1.75. The fraction of sp³-hybridized carbons (Fsp3) is 0.667. The van der Waals surface area contributed by atoms with Gasteiger partial charge in [0, 0.05) is 59.5 Å². The van der Waals surface area contributed by atoms with Crippen LogP contribution in [0.2, 0.25) is 0 Å². The normalized spacial score (nSPS) is 15.7. The Morgan fingerprint density at radius 1 is 1.14 bits per heavy atom. The van der Waals surface area contributed by atoms with Gasteiger partial charge >= 0.3 is 0 Å². The zero-order valence-electron chi connectivity index (χ0n) is 17.6. The first-order chi connectivity index (χ1) is 13.7. The van der Waals surface area contributed by atoms with Gasteiger partial charge in [-0.2, -0.15) is 0 Å². The molecule has 1 heterocycles. The molecule has 28 heavy (non-hydrogen) atoms. The molecule has 1 aromatic carbocycles. The largest absolute Gasteiger partial charge is 0.382 e. The maximum absolute atomic E-state index is 14.6. The van der Waals surface area contributed by atoms with Gasteiger partial charge in [0.05, 0.1) is 5.69 Å². The molecule has 2 N–H and O–H groups in total. The SMILES string of the molecule is CCOCCCCNC(=NC)NCc1ccc(N2CCN(CC)CC2)c(F)c1. The lowest BCUT2D eigenvalue weighted by Crippen LogP contribution is -2.46. The Hall–Kier alpha value is -1.86. The van der Waals surface area contributed by atoms with Crippen LogP contribution in [0, 0.1) is 5.82 Å². The van der Waals surface area contributed by atoms with Crippen molar-refractivity contribution < 1.29 is 9.13 Å². The first-order valence-electron chi connectivity index (χ1n) is 10.5. The first-order valence-corrected chi connectivity index (χ1v) is 10.5. The number of aliphatic imine (C=N–C) groups is 1. The fourth-order valence-electron chi connectivity index (χ4n) is 3.31. The van der Waals surface area contributed by atoms with Crippen LogP contribution in [0.25, 0.3) is 0 Å². The van der Waals surface area contributed by atoms with Crippen molar-refractivity contribution >= 4 is 11.6 Å². The van der Waals surface area contributed by atoms with Gasteiger partial charge in [-0.1, -0.05) is 13.0 Å². The summed E-state index contributed by atoms with van der Waals surface area (Å²) in [5.41, 5.74) is 1.61. The Kier molecular flexibility index (Phi) is 10.1. The van der Waals surface area contributed by atoms with E-state index in [0.29, 0.717) is 12.2 Å². The molecule has 0 aliphatic carbocycles. The molecule has 0 atom stereocenters. The van der Waals surface area contributed by atoms with Crippen LogP contribution in [0.1, 0.15) is 32.3 Å². The van der Waals surface area contributed by atoms with E-state index in [0.717, 1.165) is 76.8 Å². The van der Waals surface area contributed by atoms with Gasteiger partial charge in [0.1, 0.15) is 5.82 Å². The Morgan fingerprint density at radius 2 is 1.93 bits per heavy atom. The second kappa shape index (κ2) is 12.6. The summed E-state index contributed by atoms with van der Waals surface area (Å²) in [5, 5.41) is 6.53. The molecular weight excluding hydrogens is 357 g/mol. The monoisotopic (exact) mass is 393 g/mol. The third kappa shape index (κ3) is 7.28.